The van der Waals surface area contributed by atoms with E-state index in [1.807, 2.05) is 6.07 Å². The first-order valence-corrected chi connectivity index (χ1v) is 10.8. The van der Waals surface area contributed by atoms with E-state index in [9.17, 15) is 14.0 Å². The second-order valence-electron chi connectivity index (χ2n) is 6.29. The number of nitrogens with one attached hydrogen (secondary N) is 1. The highest BCUT2D eigenvalue weighted by Crippen LogP contribution is 2.36. The number of carbonyl (C=O) groups is 2. The first-order valence-electron chi connectivity index (χ1n) is 9.16. The quantitative estimate of drug-likeness (QED) is 0.417. The molecule has 1 aromatic heterocycles. The van der Waals surface area contributed by atoms with Gasteiger partial charge in [-0.05, 0) is 49.7 Å². The van der Waals surface area contributed by atoms with Crippen molar-refractivity contribution in [3.8, 4) is 16.9 Å². The van der Waals surface area contributed by atoms with E-state index >= 15 is 0 Å². The Bertz CT molecular complexity index is 1050. The summed E-state index contributed by atoms with van der Waals surface area (Å²) in [6.45, 7) is 3.51. The van der Waals surface area contributed by atoms with Crippen molar-refractivity contribution in [2.75, 3.05) is 11.9 Å². The van der Waals surface area contributed by atoms with Gasteiger partial charge in [0.25, 0.3) is 5.91 Å². The largest absolute Gasteiger partial charge is 0.481 e. The van der Waals surface area contributed by atoms with Gasteiger partial charge in [-0.2, -0.15) is 0 Å². The summed E-state index contributed by atoms with van der Waals surface area (Å²) in [5.74, 6) is -0.809. The molecular weight excluding hydrogens is 473 g/mol. The summed E-state index contributed by atoms with van der Waals surface area (Å²) in [6, 6.07) is 12.9. The second kappa shape index (κ2) is 9.86. The number of amides is 1. The van der Waals surface area contributed by atoms with Gasteiger partial charge in [0, 0.05) is 15.4 Å². The van der Waals surface area contributed by atoms with Gasteiger partial charge in [-0.3, -0.25) is 4.79 Å². The van der Waals surface area contributed by atoms with E-state index < -0.39 is 18.0 Å². The van der Waals surface area contributed by atoms with E-state index in [-0.39, 0.29) is 18.0 Å². The van der Waals surface area contributed by atoms with E-state index in [1.54, 1.807) is 49.6 Å². The average molecular weight is 492 g/mol. The summed E-state index contributed by atoms with van der Waals surface area (Å²) < 4.78 is 25.0. The van der Waals surface area contributed by atoms with E-state index in [4.69, 9.17) is 9.47 Å². The molecular formula is C22H19BrFNO4S. The molecule has 30 heavy (non-hydrogen) atoms. The lowest BCUT2D eigenvalue weighted by molar-refractivity contribution is -0.122. The summed E-state index contributed by atoms with van der Waals surface area (Å²) in [6.07, 6.45) is -0.800. The van der Waals surface area contributed by atoms with Crippen LogP contribution >= 0.6 is 27.3 Å². The first-order chi connectivity index (χ1) is 14.4. The van der Waals surface area contributed by atoms with Crippen molar-refractivity contribution in [1.82, 2.24) is 0 Å². The molecule has 8 heteroatoms. The Labute approximate surface area is 186 Å². The number of benzene rings is 2. The van der Waals surface area contributed by atoms with E-state index in [1.165, 1.54) is 23.5 Å². The standard InChI is InChI=1S/C22H19BrFNO4S/c1-3-28-22(27)19-18(14-7-9-16(24)10-8-14)12-30-21(19)25-20(26)13(2)29-17-6-4-5-15(23)11-17/h4-13H,3H2,1-2H3,(H,25,26). The topological polar surface area (TPSA) is 64.6 Å². The van der Waals surface area contributed by atoms with Gasteiger partial charge in [0.05, 0.1) is 6.61 Å². The van der Waals surface area contributed by atoms with Crippen molar-refractivity contribution in [3.63, 3.8) is 0 Å². The number of thiophene rings is 1. The summed E-state index contributed by atoms with van der Waals surface area (Å²) in [7, 11) is 0. The Kier molecular flexibility index (Phi) is 7.23. The van der Waals surface area contributed by atoms with Crippen LogP contribution in [0.15, 0.2) is 58.4 Å². The molecule has 3 rings (SSSR count). The lowest BCUT2D eigenvalue weighted by Gasteiger charge is -2.15. The lowest BCUT2D eigenvalue weighted by atomic mass is 10.0. The highest BCUT2D eigenvalue weighted by molar-refractivity contribution is 9.10. The van der Waals surface area contributed by atoms with Crippen molar-refractivity contribution >= 4 is 44.1 Å². The van der Waals surface area contributed by atoms with Crippen LogP contribution in [-0.4, -0.2) is 24.6 Å². The van der Waals surface area contributed by atoms with Crippen LogP contribution in [0.2, 0.25) is 0 Å². The SMILES string of the molecule is CCOC(=O)c1c(-c2ccc(F)cc2)csc1NC(=O)C(C)Oc1cccc(Br)c1. The predicted octanol–water partition coefficient (Wildman–Crippen LogP) is 5.90. The number of rotatable bonds is 7. The zero-order valence-electron chi connectivity index (χ0n) is 16.3. The van der Waals surface area contributed by atoms with Crippen LogP contribution in [0, 0.1) is 5.82 Å². The molecule has 0 spiro atoms. The third kappa shape index (κ3) is 5.25. The third-order valence-electron chi connectivity index (χ3n) is 4.14. The van der Waals surface area contributed by atoms with Crippen LogP contribution in [-0.2, 0) is 9.53 Å². The molecule has 0 radical (unpaired) electrons. The summed E-state index contributed by atoms with van der Waals surface area (Å²) in [5, 5.41) is 4.83. The zero-order chi connectivity index (χ0) is 21.7. The number of hydrogen-bond acceptors (Lipinski definition) is 5. The van der Waals surface area contributed by atoms with Gasteiger partial charge in [-0.15, -0.1) is 11.3 Å². The summed E-state index contributed by atoms with van der Waals surface area (Å²) in [4.78, 5) is 25.3. The van der Waals surface area contributed by atoms with E-state index in [2.05, 4.69) is 21.2 Å². The number of hydrogen-bond donors (Lipinski definition) is 1. The number of esters is 1. The molecule has 1 heterocycles. The molecule has 0 aliphatic heterocycles. The Balaban J connectivity index is 1.84. The number of carbonyl (C=O) groups excluding carboxylic acids is 2. The zero-order valence-corrected chi connectivity index (χ0v) is 18.7. The van der Waals surface area contributed by atoms with Crippen LogP contribution in [0.3, 0.4) is 0 Å². The normalized spacial score (nSPS) is 11.6. The number of anilines is 1. The van der Waals surface area contributed by atoms with Crippen LogP contribution in [0.5, 0.6) is 5.75 Å². The Morgan fingerprint density at radius 3 is 2.60 bits per heavy atom. The molecule has 1 unspecified atom stereocenters. The minimum atomic E-state index is -0.800. The van der Waals surface area contributed by atoms with Gasteiger partial charge in [0.1, 0.15) is 22.1 Å². The molecule has 5 nitrogen and oxygen atoms in total. The van der Waals surface area contributed by atoms with Gasteiger partial charge in [-0.25, -0.2) is 9.18 Å². The number of halogens is 2. The monoisotopic (exact) mass is 491 g/mol. The molecule has 1 N–H and O–H groups in total. The molecule has 3 aromatic rings. The van der Waals surface area contributed by atoms with Crippen LogP contribution in [0.25, 0.3) is 11.1 Å². The Morgan fingerprint density at radius 1 is 1.20 bits per heavy atom. The second-order valence-corrected chi connectivity index (χ2v) is 8.08. The van der Waals surface area contributed by atoms with Crippen LogP contribution < -0.4 is 10.1 Å². The lowest BCUT2D eigenvalue weighted by Crippen LogP contribution is -2.30. The molecule has 0 bridgehead atoms. The minimum Gasteiger partial charge on any atom is -0.481 e. The van der Waals surface area contributed by atoms with Crippen molar-refractivity contribution in [2.45, 2.75) is 20.0 Å². The number of ether oxygens (including phenoxy) is 2. The van der Waals surface area contributed by atoms with Crippen LogP contribution in [0.4, 0.5) is 9.39 Å². The third-order valence-corrected chi connectivity index (χ3v) is 5.53. The van der Waals surface area contributed by atoms with Crippen molar-refractivity contribution in [3.05, 3.63) is 69.8 Å². The minimum absolute atomic E-state index is 0.188. The fourth-order valence-electron chi connectivity index (χ4n) is 2.71. The maximum atomic E-state index is 13.3. The van der Waals surface area contributed by atoms with E-state index in [0.29, 0.717) is 21.9 Å². The molecule has 0 fully saturated rings. The maximum Gasteiger partial charge on any atom is 0.341 e. The molecule has 1 atom stereocenters. The molecule has 0 saturated carbocycles. The van der Waals surface area contributed by atoms with Crippen molar-refractivity contribution in [1.29, 1.82) is 0 Å². The van der Waals surface area contributed by atoms with Gasteiger partial charge in [-0.1, -0.05) is 34.1 Å². The van der Waals surface area contributed by atoms with Crippen molar-refractivity contribution < 1.29 is 23.5 Å². The first kappa shape index (κ1) is 22.0. The molecule has 0 aliphatic rings. The molecule has 0 saturated heterocycles. The fourth-order valence-corrected chi connectivity index (χ4v) is 4.05. The fraction of sp³-hybridized carbons (Fsp3) is 0.182. The highest BCUT2D eigenvalue weighted by atomic mass is 79.9. The summed E-state index contributed by atoms with van der Waals surface area (Å²) >= 11 is 4.55. The average Bonchev–Trinajstić information content (AvgIpc) is 3.12. The van der Waals surface area contributed by atoms with Gasteiger partial charge in [0.15, 0.2) is 6.10 Å². The summed E-state index contributed by atoms with van der Waals surface area (Å²) in [5.41, 5.74) is 1.44. The maximum absolute atomic E-state index is 13.3. The Morgan fingerprint density at radius 2 is 1.93 bits per heavy atom. The predicted molar refractivity (Wildman–Crippen MR) is 119 cm³/mol. The molecule has 0 aliphatic carbocycles. The molecule has 156 valence electrons. The van der Waals surface area contributed by atoms with Crippen molar-refractivity contribution in [2.24, 2.45) is 0 Å². The van der Waals surface area contributed by atoms with Crippen LogP contribution in [0.1, 0.15) is 24.2 Å². The van der Waals surface area contributed by atoms with E-state index in [0.717, 1.165) is 4.47 Å². The van der Waals surface area contributed by atoms with Gasteiger partial charge >= 0.3 is 5.97 Å². The molecule has 1 amide bonds. The highest BCUT2D eigenvalue weighted by Gasteiger charge is 2.25. The van der Waals surface area contributed by atoms with Gasteiger partial charge in [0.2, 0.25) is 0 Å². The Hall–Kier alpha value is -2.71. The smallest absolute Gasteiger partial charge is 0.341 e. The van der Waals surface area contributed by atoms with Gasteiger partial charge < -0.3 is 14.8 Å². The molecule has 2 aromatic carbocycles.